The van der Waals surface area contributed by atoms with Crippen molar-refractivity contribution in [2.75, 3.05) is 6.61 Å². The Morgan fingerprint density at radius 2 is 2.31 bits per heavy atom. The van der Waals surface area contributed by atoms with Crippen LogP contribution in [0.5, 0.6) is 5.75 Å². The molecule has 0 atom stereocenters. The molecule has 13 heavy (non-hydrogen) atoms. The number of halogens is 2. The summed E-state index contributed by atoms with van der Waals surface area (Å²) in [5, 5.41) is 0. The number of hydrogen-bond donors (Lipinski definition) is 0. The molecule has 0 saturated heterocycles. The second kappa shape index (κ2) is 8.64. The predicted molar refractivity (Wildman–Crippen MR) is 49.9 cm³/mol. The Morgan fingerprint density at radius 1 is 1.62 bits per heavy atom. The third-order valence-corrected chi connectivity index (χ3v) is 1.20. The van der Waals surface area contributed by atoms with Crippen molar-refractivity contribution in [3.8, 4) is 5.75 Å². The van der Waals surface area contributed by atoms with Crippen molar-refractivity contribution in [2.24, 2.45) is 0 Å². The van der Waals surface area contributed by atoms with Crippen LogP contribution in [-0.4, -0.2) is 6.61 Å². The zero-order chi connectivity index (χ0) is 10.1. The van der Waals surface area contributed by atoms with Crippen LogP contribution in [0, 0.1) is 11.9 Å². The third-order valence-electron chi connectivity index (χ3n) is 1.20. The van der Waals surface area contributed by atoms with E-state index in [0.29, 0.717) is 12.4 Å². The normalized spacial score (nSPS) is 8.69. The average molecular weight is 298 g/mol. The van der Waals surface area contributed by atoms with Gasteiger partial charge in [-0.25, -0.2) is 4.39 Å². The molecule has 0 N–H and O–H groups in total. The van der Waals surface area contributed by atoms with Crippen molar-refractivity contribution in [1.82, 2.24) is 0 Å². The van der Waals surface area contributed by atoms with E-state index in [1.54, 1.807) is 0 Å². The molecule has 0 fully saturated rings. The summed E-state index contributed by atoms with van der Waals surface area (Å²) in [5.41, 5.74) is 0. The molecule has 0 saturated carbocycles. The molecule has 0 amide bonds. The van der Waals surface area contributed by atoms with Gasteiger partial charge in [0.2, 0.25) is 0 Å². The van der Waals surface area contributed by atoms with Gasteiger partial charge in [-0.2, -0.15) is 6.07 Å². The number of ether oxygens (including phenoxy) is 1. The molecule has 0 aromatic heterocycles. The minimum atomic E-state index is -0.283. The van der Waals surface area contributed by atoms with Gasteiger partial charge in [-0.1, -0.05) is 13.0 Å². The topological polar surface area (TPSA) is 9.23 Å². The summed E-state index contributed by atoms with van der Waals surface area (Å²) in [7, 11) is 0. The third kappa shape index (κ3) is 6.17. The van der Waals surface area contributed by atoms with E-state index in [4.69, 9.17) is 4.74 Å². The van der Waals surface area contributed by atoms with Gasteiger partial charge >= 0.3 is 30.0 Å². The van der Waals surface area contributed by atoms with Gasteiger partial charge in [0.05, 0.1) is 6.61 Å². The Labute approximate surface area is 94.7 Å². The van der Waals surface area contributed by atoms with Gasteiger partial charge in [0.25, 0.3) is 0 Å². The van der Waals surface area contributed by atoms with Crippen molar-refractivity contribution < 1.29 is 25.5 Å². The number of benzene rings is 1. The van der Waals surface area contributed by atoms with Crippen LogP contribution in [0.1, 0.15) is 13.3 Å². The monoisotopic (exact) mass is 296 g/mol. The second-order valence-electron chi connectivity index (χ2n) is 2.22. The fraction of sp³-hybridized carbons (Fsp3) is 0.333. The molecule has 0 bridgehead atoms. The fourth-order valence-electron chi connectivity index (χ4n) is 0.714. The van der Waals surface area contributed by atoms with Crippen LogP contribution in [0.4, 0.5) is 4.39 Å². The first-order valence-electron chi connectivity index (χ1n) is 3.89. The van der Waals surface area contributed by atoms with Crippen molar-refractivity contribution >= 4 is 13.6 Å². The average Bonchev–Trinajstić information content (AvgIpc) is 2.18. The Kier molecular flexibility index (Phi) is 8.68. The maximum atomic E-state index is 12.5. The number of rotatable bonds is 3. The van der Waals surface area contributed by atoms with Gasteiger partial charge in [-0.05, 0) is 6.42 Å². The first-order chi connectivity index (χ1) is 6.33. The van der Waals surface area contributed by atoms with E-state index in [2.05, 4.69) is 19.7 Å². The van der Waals surface area contributed by atoms with Gasteiger partial charge in [0.15, 0.2) is 0 Å². The van der Waals surface area contributed by atoms with E-state index in [-0.39, 0.29) is 5.82 Å². The summed E-state index contributed by atoms with van der Waals surface area (Å²) in [6.07, 6.45) is 0.921. The molecular formula is C9H10BrFOZn. The molecule has 0 spiro atoms. The van der Waals surface area contributed by atoms with Crippen molar-refractivity contribution in [1.29, 1.82) is 0 Å². The Morgan fingerprint density at radius 3 is 2.85 bits per heavy atom. The van der Waals surface area contributed by atoms with Gasteiger partial charge in [-0.3, -0.25) is 0 Å². The maximum absolute atomic E-state index is 12.5. The zero-order valence-corrected chi connectivity index (χ0v) is 12.1. The molecule has 0 aliphatic rings. The van der Waals surface area contributed by atoms with Crippen LogP contribution in [0.25, 0.3) is 0 Å². The molecule has 0 aliphatic carbocycles. The van der Waals surface area contributed by atoms with Crippen molar-refractivity contribution in [3.63, 3.8) is 0 Å². The summed E-state index contributed by atoms with van der Waals surface area (Å²) in [5.74, 6) is 0.196. The zero-order valence-electron chi connectivity index (χ0n) is 7.52. The summed E-state index contributed by atoms with van der Waals surface area (Å²) in [6, 6.07) is 6.97. The molecule has 68 valence electrons. The minimum absolute atomic E-state index is 0.283. The summed E-state index contributed by atoms with van der Waals surface area (Å²) in [6.45, 7) is 2.61. The van der Waals surface area contributed by atoms with Crippen LogP contribution >= 0.6 is 13.6 Å². The van der Waals surface area contributed by atoms with Crippen LogP contribution < -0.4 is 4.74 Å². The molecule has 0 radical (unpaired) electrons. The molecule has 4 heteroatoms. The first-order valence-corrected chi connectivity index (χ1v) is 10.8. The molecule has 1 nitrogen and oxygen atoms in total. The molecule has 1 rings (SSSR count). The van der Waals surface area contributed by atoms with E-state index in [9.17, 15) is 4.39 Å². The Balaban J connectivity index is 0.000000671. The van der Waals surface area contributed by atoms with E-state index >= 15 is 0 Å². The predicted octanol–water partition coefficient (Wildman–Crippen LogP) is 3.26. The summed E-state index contributed by atoms with van der Waals surface area (Å²) < 4.78 is 17.6. The van der Waals surface area contributed by atoms with E-state index < -0.39 is 0 Å². The Bertz CT molecular complexity index is 233. The standard InChI is InChI=1S/C9H10FO.BrH.Zn/c1-2-6-11-9-5-3-4-8(10)7-9;;/h3-4,7H,2,6H2,1H3;1H;/q-1;;+2/p-1. The molecular weight excluding hydrogens is 288 g/mol. The van der Waals surface area contributed by atoms with Crippen molar-refractivity contribution in [2.45, 2.75) is 13.3 Å². The van der Waals surface area contributed by atoms with E-state index in [1.807, 2.05) is 6.92 Å². The van der Waals surface area contributed by atoms with Gasteiger partial charge < -0.3 is 4.74 Å². The second-order valence-corrected chi connectivity index (χ2v) is 2.22. The molecule has 0 heterocycles. The fourth-order valence-corrected chi connectivity index (χ4v) is 0.714. The summed E-state index contributed by atoms with van der Waals surface area (Å²) >= 11 is 4.25. The van der Waals surface area contributed by atoms with Crippen LogP contribution in [0.15, 0.2) is 18.2 Å². The summed E-state index contributed by atoms with van der Waals surface area (Å²) in [4.78, 5) is 0. The molecule has 1 aromatic rings. The Hall–Kier alpha value is 0.0534. The van der Waals surface area contributed by atoms with E-state index in [0.717, 1.165) is 6.42 Å². The molecule has 1 aromatic carbocycles. The molecule has 0 unspecified atom stereocenters. The van der Waals surface area contributed by atoms with Crippen LogP contribution in [-0.2, 0) is 16.3 Å². The van der Waals surface area contributed by atoms with Crippen LogP contribution in [0.2, 0.25) is 0 Å². The van der Waals surface area contributed by atoms with Crippen molar-refractivity contribution in [3.05, 3.63) is 30.1 Å². The van der Waals surface area contributed by atoms with E-state index in [1.165, 1.54) is 34.5 Å². The molecule has 0 aliphatic heterocycles. The van der Waals surface area contributed by atoms with Gasteiger partial charge in [0.1, 0.15) is 0 Å². The SMILES string of the molecule is CCCOc1[c-]ccc(F)c1.[Zn+][Br]. The first kappa shape index (κ1) is 13.1. The van der Waals surface area contributed by atoms with Gasteiger partial charge in [0, 0.05) is 11.6 Å². The number of hydrogen-bond acceptors (Lipinski definition) is 1. The van der Waals surface area contributed by atoms with Gasteiger partial charge in [-0.15, -0.1) is 12.1 Å². The quantitative estimate of drug-likeness (QED) is 0.615. The van der Waals surface area contributed by atoms with Crippen LogP contribution in [0.3, 0.4) is 0 Å².